The fourth-order valence-electron chi connectivity index (χ4n) is 3.21. The van der Waals surface area contributed by atoms with Crippen LogP contribution in [-0.2, 0) is 4.79 Å². The molecule has 0 aromatic heterocycles. The second-order valence-corrected chi connectivity index (χ2v) is 6.31. The molecular formula is C16H22N4O2. The van der Waals surface area contributed by atoms with Crippen LogP contribution in [-0.4, -0.2) is 48.6 Å². The third-order valence-electron chi connectivity index (χ3n) is 4.08. The molecule has 2 aliphatic heterocycles. The molecule has 1 aromatic rings. The summed E-state index contributed by atoms with van der Waals surface area (Å²) in [5.74, 6) is -0.152. The predicted octanol–water partition coefficient (Wildman–Crippen LogP) is 1.56. The lowest BCUT2D eigenvalue weighted by molar-refractivity contribution is -0.115. The highest BCUT2D eigenvalue weighted by Gasteiger charge is 2.33. The Hall–Kier alpha value is -2.08. The molecule has 0 saturated carbocycles. The number of nitrogens with zero attached hydrogens (tertiary/aromatic N) is 2. The van der Waals surface area contributed by atoms with Crippen LogP contribution in [0.3, 0.4) is 0 Å². The molecule has 2 heterocycles. The summed E-state index contributed by atoms with van der Waals surface area (Å²) in [6.45, 7) is 7.50. The highest BCUT2D eigenvalue weighted by atomic mass is 16.2. The molecule has 6 nitrogen and oxygen atoms in total. The minimum atomic E-state index is -0.152. The number of urea groups is 1. The number of aryl methyl sites for hydroxylation is 1. The molecule has 22 heavy (non-hydrogen) atoms. The van der Waals surface area contributed by atoms with Crippen molar-refractivity contribution in [2.24, 2.45) is 0 Å². The van der Waals surface area contributed by atoms with Gasteiger partial charge in [0.15, 0.2) is 0 Å². The molecule has 0 unspecified atom stereocenters. The van der Waals surface area contributed by atoms with Gasteiger partial charge in [-0.1, -0.05) is 6.07 Å². The van der Waals surface area contributed by atoms with Crippen LogP contribution in [0, 0.1) is 6.92 Å². The summed E-state index contributed by atoms with van der Waals surface area (Å²) in [5, 5.41) is 6.24. The lowest BCUT2D eigenvalue weighted by Crippen LogP contribution is -2.59. The monoisotopic (exact) mass is 302 g/mol. The minimum absolute atomic E-state index is 0.0714. The van der Waals surface area contributed by atoms with Crippen LogP contribution in [0.25, 0.3) is 0 Å². The fourth-order valence-corrected chi connectivity index (χ4v) is 3.21. The third-order valence-corrected chi connectivity index (χ3v) is 4.08. The molecule has 1 aromatic carbocycles. The van der Waals surface area contributed by atoms with Crippen LogP contribution in [0.2, 0.25) is 0 Å². The van der Waals surface area contributed by atoms with Crippen molar-refractivity contribution >= 4 is 23.3 Å². The molecule has 1 saturated heterocycles. The molecule has 0 bridgehead atoms. The molecule has 0 spiro atoms. The topological polar surface area (TPSA) is 64.7 Å². The van der Waals surface area contributed by atoms with Gasteiger partial charge < -0.3 is 15.5 Å². The van der Waals surface area contributed by atoms with Crippen molar-refractivity contribution in [3.63, 3.8) is 0 Å². The van der Waals surface area contributed by atoms with Gasteiger partial charge in [-0.15, -0.1) is 0 Å². The largest absolute Gasteiger partial charge is 0.325 e. The van der Waals surface area contributed by atoms with E-state index in [4.69, 9.17) is 0 Å². The highest BCUT2D eigenvalue weighted by molar-refractivity contribution is 6.09. The average Bonchev–Trinajstić information content (AvgIpc) is 2.45. The zero-order chi connectivity index (χ0) is 15.9. The molecule has 1 fully saturated rings. The van der Waals surface area contributed by atoms with Gasteiger partial charge in [-0.3, -0.25) is 9.69 Å². The van der Waals surface area contributed by atoms with Crippen LogP contribution < -0.4 is 15.5 Å². The second-order valence-electron chi connectivity index (χ2n) is 6.31. The van der Waals surface area contributed by atoms with E-state index in [1.54, 1.807) is 4.90 Å². The highest BCUT2D eigenvalue weighted by Crippen LogP contribution is 2.31. The first-order valence-corrected chi connectivity index (χ1v) is 7.67. The van der Waals surface area contributed by atoms with Crippen LogP contribution in [0.1, 0.15) is 19.4 Å². The van der Waals surface area contributed by atoms with Crippen LogP contribution in [0.5, 0.6) is 0 Å². The van der Waals surface area contributed by atoms with Gasteiger partial charge in [0.05, 0.1) is 11.4 Å². The van der Waals surface area contributed by atoms with Gasteiger partial charge in [0, 0.05) is 25.2 Å². The number of benzene rings is 1. The van der Waals surface area contributed by atoms with E-state index in [0.29, 0.717) is 18.8 Å². The maximum absolute atomic E-state index is 12.9. The van der Waals surface area contributed by atoms with E-state index < -0.39 is 0 Å². The first-order chi connectivity index (χ1) is 10.4. The average molecular weight is 302 g/mol. The van der Waals surface area contributed by atoms with Gasteiger partial charge in [0.2, 0.25) is 5.91 Å². The smallest absolute Gasteiger partial charge is 0.323 e. The zero-order valence-electron chi connectivity index (χ0n) is 13.2. The van der Waals surface area contributed by atoms with Crippen molar-refractivity contribution in [3.05, 3.63) is 23.8 Å². The molecule has 0 aliphatic carbocycles. The van der Waals surface area contributed by atoms with E-state index in [1.165, 1.54) is 0 Å². The molecule has 2 atom stereocenters. The molecule has 3 amide bonds. The van der Waals surface area contributed by atoms with Gasteiger partial charge in [0.25, 0.3) is 0 Å². The Bertz CT molecular complexity index is 606. The third kappa shape index (κ3) is 2.78. The molecular weight excluding hydrogens is 280 g/mol. The maximum atomic E-state index is 12.9. The van der Waals surface area contributed by atoms with Gasteiger partial charge in [-0.2, -0.15) is 0 Å². The lowest BCUT2D eigenvalue weighted by Gasteiger charge is -2.40. The Kier molecular flexibility index (Phi) is 3.78. The SMILES string of the molecule is Cc1ccc2c(c1)N(C(=O)N1C[C@@H](C)N[C@@H](C)C1)CC(=O)N2. The molecule has 0 radical (unpaired) electrons. The van der Waals surface area contributed by atoms with Crippen molar-refractivity contribution < 1.29 is 9.59 Å². The fraction of sp³-hybridized carbons (Fsp3) is 0.500. The standard InChI is InChI=1S/C16H22N4O2/c1-10-4-5-13-14(6-10)20(9-15(21)18-13)16(22)19-7-11(2)17-12(3)8-19/h4-6,11-12,17H,7-9H2,1-3H3,(H,18,21)/t11-,12+. The Morgan fingerprint density at radius 3 is 2.59 bits per heavy atom. The van der Waals surface area contributed by atoms with E-state index in [9.17, 15) is 9.59 Å². The lowest BCUT2D eigenvalue weighted by atomic mass is 10.1. The van der Waals surface area contributed by atoms with Crippen LogP contribution >= 0.6 is 0 Å². The van der Waals surface area contributed by atoms with Gasteiger partial charge in [-0.05, 0) is 38.5 Å². The molecule has 2 N–H and O–H groups in total. The molecule has 6 heteroatoms. The molecule has 2 aliphatic rings. The van der Waals surface area contributed by atoms with Crippen LogP contribution in [0.4, 0.5) is 16.2 Å². The van der Waals surface area contributed by atoms with Gasteiger partial charge >= 0.3 is 6.03 Å². The number of hydrogen-bond donors (Lipinski definition) is 2. The summed E-state index contributed by atoms with van der Waals surface area (Å²) in [5.41, 5.74) is 2.55. The number of carbonyl (C=O) groups is 2. The van der Waals surface area contributed by atoms with E-state index in [1.807, 2.05) is 30.0 Å². The minimum Gasteiger partial charge on any atom is -0.323 e. The number of amides is 3. The summed E-state index contributed by atoms with van der Waals surface area (Å²) >= 11 is 0. The van der Waals surface area contributed by atoms with Gasteiger partial charge in [-0.25, -0.2) is 4.79 Å². The van der Waals surface area contributed by atoms with E-state index >= 15 is 0 Å². The van der Waals surface area contributed by atoms with Crippen molar-refractivity contribution in [2.45, 2.75) is 32.9 Å². The van der Waals surface area contributed by atoms with Gasteiger partial charge in [0.1, 0.15) is 6.54 Å². The number of hydrogen-bond acceptors (Lipinski definition) is 3. The number of anilines is 2. The zero-order valence-corrected chi connectivity index (χ0v) is 13.2. The van der Waals surface area contributed by atoms with E-state index in [2.05, 4.69) is 24.5 Å². The number of fused-ring (bicyclic) bond motifs is 1. The Balaban J connectivity index is 1.89. The molecule has 3 rings (SSSR count). The Morgan fingerprint density at radius 2 is 1.91 bits per heavy atom. The maximum Gasteiger partial charge on any atom is 0.325 e. The first kappa shape index (κ1) is 14.8. The first-order valence-electron chi connectivity index (χ1n) is 7.67. The van der Waals surface area contributed by atoms with Crippen molar-refractivity contribution in [3.8, 4) is 0 Å². The summed E-state index contributed by atoms with van der Waals surface area (Å²) < 4.78 is 0. The van der Waals surface area contributed by atoms with Crippen molar-refractivity contribution in [1.29, 1.82) is 0 Å². The quantitative estimate of drug-likeness (QED) is 0.764. The second kappa shape index (κ2) is 5.61. The number of carbonyl (C=O) groups excluding carboxylic acids is 2. The molecule has 118 valence electrons. The number of rotatable bonds is 0. The summed E-state index contributed by atoms with van der Waals surface area (Å²) in [4.78, 5) is 28.2. The van der Waals surface area contributed by atoms with Crippen molar-refractivity contribution in [1.82, 2.24) is 10.2 Å². The Labute approximate surface area is 130 Å². The summed E-state index contributed by atoms with van der Waals surface area (Å²) in [7, 11) is 0. The van der Waals surface area contributed by atoms with E-state index in [0.717, 1.165) is 11.3 Å². The summed E-state index contributed by atoms with van der Waals surface area (Å²) in [6, 6.07) is 6.14. The predicted molar refractivity (Wildman–Crippen MR) is 86.2 cm³/mol. The number of nitrogens with one attached hydrogen (secondary N) is 2. The summed E-state index contributed by atoms with van der Waals surface area (Å²) in [6.07, 6.45) is 0. The number of piperazine rings is 1. The van der Waals surface area contributed by atoms with Crippen molar-refractivity contribution in [2.75, 3.05) is 29.9 Å². The Morgan fingerprint density at radius 1 is 1.23 bits per heavy atom. The van der Waals surface area contributed by atoms with Crippen LogP contribution in [0.15, 0.2) is 18.2 Å². The van der Waals surface area contributed by atoms with E-state index in [-0.39, 0.29) is 30.6 Å². The normalized spacial score (nSPS) is 24.8.